The fraction of sp³-hybridized carbons (Fsp3) is 0.200. The van der Waals surface area contributed by atoms with Gasteiger partial charge >= 0.3 is 0 Å². The minimum atomic E-state index is -0.221. The van der Waals surface area contributed by atoms with Crippen LogP contribution >= 0.6 is 0 Å². The summed E-state index contributed by atoms with van der Waals surface area (Å²) in [5.74, 6) is 0.985. The van der Waals surface area contributed by atoms with Gasteiger partial charge in [0.1, 0.15) is 11.3 Å². The number of benzene rings is 3. The number of hydrogen-bond acceptors (Lipinski definition) is 4. The topological polar surface area (TPSA) is 64.4 Å². The van der Waals surface area contributed by atoms with Gasteiger partial charge in [-0.25, -0.2) is 4.98 Å². The molecule has 0 spiro atoms. The second kappa shape index (κ2) is 8.03. The SMILES string of the molecule is Cc1cccc(OCC(=O)Nc2cc(-c3nc4cc(C)cc(C)c4o3)ccc2C)c1. The molecule has 0 aliphatic carbocycles. The second-order valence-electron chi connectivity index (χ2n) is 7.63. The maximum absolute atomic E-state index is 12.4. The van der Waals surface area contributed by atoms with E-state index in [-0.39, 0.29) is 12.5 Å². The summed E-state index contributed by atoms with van der Waals surface area (Å²) in [7, 11) is 0. The Balaban J connectivity index is 1.53. The monoisotopic (exact) mass is 400 g/mol. The normalized spacial score (nSPS) is 10.9. The van der Waals surface area contributed by atoms with Gasteiger partial charge in [-0.15, -0.1) is 0 Å². The predicted octanol–water partition coefficient (Wildman–Crippen LogP) is 5.75. The van der Waals surface area contributed by atoms with Crippen LogP contribution in [0.5, 0.6) is 5.75 Å². The molecule has 0 saturated heterocycles. The standard InChI is InChI=1S/C25H24N2O3/c1-15-6-5-7-20(11-15)29-14-23(28)26-21-13-19(9-8-17(21)3)25-27-22-12-16(2)10-18(4)24(22)30-25/h5-13H,14H2,1-4H3,(H,26,28). The largest absolute Gasteiger partial charge is 0.484 e. The van der Waals surface area contributed by atoms with Gasteiger partial charge in [-0.3, -0.25) is 4.79 Å². The number of nitrogens with one attached hydrogen (secondary N) is 1. The maximum Gasteiger partial charge on any atom is 0.262 e. The van der Waals surface area contributed by atoms with Gasteiger partial charge in [0.15, 0.2) is 12.2 Å². The minimum absolute atomic E-state index is 0.0610. The predicted molar refractivity (Wildman–Crippen MR) is 119 cm³/mol. The Hall–Kier alpha value is -3.60. The average molecular weight is 400 g/mol. The molecule has 152 valence electrons. The summed E-state index contributed by atoms with van der Waals surface area (Å²) in [6.07, 6.45) is 0. The number of oxazole rings is 1. The Kier molecular flexibility index (Phi) is 5.27. The van der Waals surface area contributed by atoms with E-state index in [9.17, 15) is 4.79 Å². The van der Waals surface area contributed by atoms with Gasteiger partial charge in [-0.1, -0.05) is 24.3 Å². The summed E-state index contributed by atoms with van der Waals surface area (Å²) in [5, 5.41) is 2.93. The number of aryl methyl sites for hydroxylation is 4. The van der Waals surface area contributed by atoms with Gasteiger partial charge in [0, 0.05) is 11.3 Å². The Morgan fingerprint density at radius 1 is 0.967 bits per heavy atom. The lowest BCUT2D eigenvalue weighted by Crippen LogP contribution is -2.20. The van der Waals surface area contributed by atoms with E-state index in [1.807, 2.05) is 76.2 Å². The molecular formula is C25H24N2O3. The number of carbonyl (C=O) groups excluding carboxylic acids is 1. The molecule has 1 N–H and O–H groups in total. The molecule has 0 aliphatic heterocycles. The average Bonchev–Trinajstić information content (AvgIpc) is 3.12. The fourth-order valence-corrected chi connectivity index (χ4v) is 3.43. The molecule has 1 aromatic heterocycles. The van der Waals surface area contributed by atoms with E-state index >= 15 is 0 Å². The number of fused-ring (bicyclic) bond motifs is 1. The summed E-state index contributed by atoms with van der Waals surface area (Å²) in [4.78, 5) is 17.1. The zero-order valence-corrected chi connectivity index (χ0v) is 17.6. The van der Waals surface area contributed by atoms with Crippen LogP contribution in [0.25, 0.3) is 22.6 Å². The van der Waals surface area contributed by atoms with Crippen LogP contribution < -0.4 is 10.1 Å². The lowest BCUT2D eigenvalue weighted by molar-refractivity contribution is -0.118. The fourth-order valence-electron chi connectivity index (χ4n) is 3.43. The van der Waals surface area contributed by atoms with Gasteiger partial charge in [0.25, 0.3) is 5.91 Å². The molecule has 1 heterocycles. The molecule has 0 bridgehead atoms. The second-order valence-corrected chi connectivity index (χ2v) is 7.63. The van der Waals surface area contributed by atoms with Crippen LogP contribution in [0, 0.1) is 27.7 Å². The highest BCUT2D eigenvalue weighted by Gasteiger charge is 2.13. The van der Waals surface area contributed by atoms with Crippen molar-refractivity contribution in [2.45, 2.75) is 27.7 Å². The maximum atomic E-state index is 12.4. The van der Waals surface area contributed by atoms with Gasteiger partial charge in [-0.2, -0.15) is 0 Å². The molecular weight excluding hydrogens is 376 g/mol. The van der Waals surface area contributed by atoms with E-state index in [1.54, 1.807) is 0 Å². The molecule has 5 heteroatoms. The molecule has 1 amide bonds. The molecule has 0 saturated carbocycles. The molecule has 0 radical (unpaired) electrons. The highest BCUT2D eigenvalue weighted by Crippen LogP contribution is 2.30. The highest BCUT2D eigenvalue weighted by molar-refractivity contribution is 5.93. The third-order valence-corrected chi connectivity index (χ3v) is 4.94. The Labute approximate surface area is 175 Å². The van der Waals surface area contributed by atoms with Crippen molar-refractivity contribution in [1.82, 2.24) is 4.98 Å². The van der Waals surface area contributed by atoms with E-state index in [2.05, 4.69) is 16.4 Å². The van der Waals surface area contributed by atoms with Gasteiger partial charge in [0.05, 0.1) is 0 Å². The van der Waals surface area contributed by atoms with Crippen LogP contribution in [-0.4, -0.2) is 17.5 Å². The van der Waals surface area contributed by atoms with Gasteiger partial charge in [0.2, 0.25) is 5.89 Å². The zero-order valence-electron chi connectivity index (χ0n) is 17.6. The number of anilines is 1. The number of aromatic nitrogens is 1. The number of rotatable bonds is 5. The van der Waals surface area contributed by atoms with Crippen molar-refractivity contribution in [3.63, 3.8) is 0 Å². The highest BCUT2D eigenvalue weighted by atomic mass is 16.5. The lowest BCUT2D eigenvalue weighted by Gasteiger charge is -2.11. The van der Waals surface area contributed by atoms with Crippen LogP contribution in [0.1, 0.15) is 22.3 Å². The Bertz CT molecular complexity index is 1240. The van der Waals surface area contributed by atoms with Crippen LogP contribution in [0.4, 0.5) is 5.69 Å². The quantitative estimate of drug-likeness (QED) is 0.463. The van der Waals surface area contributed by atoms with E-state index in [0.717, 1.165) is 38.9 Å². The molecule has 5 nitrogen and oxygen atoms in total. The summed E-state index contributed by atoms with van der Waals surface area (Å²) in [6.45, 7) is 7.92. The smallest absolute Gasteiger partial charge is 0.262 e. The molecule has 4 rings (SSSR count). The van der Waals surface area contributed by atoms with Crippen LogP contribution in [-0.2, 0) is 4.79 Å². The first kappa shape index (κ1) is 19.7. The number of amides is 1. The molecule has 0 atom stereocenters. The summed E-state index contributed by atoms with van der Waals surface area (Å²) in [5.41, 5.74) is 7.37. The summed E-state index contributed by atoms with van der Waals surface area (Å²) >= 11 is 0. The van der Waals surface area contributed by atoms with Crippen molar-refractivity contribution in [3.05, 3.63) is 76.9 Å². The first-order valence-electron chi connectivity index (χ1n) is 9.87. The number of ether oxygens (including phenoxy) is 1. The van der Waals surface area contributed by atoms with E-state index < -0.39 is 0 Å². The van der Waals surface area contributed by atoms with E-state index in [1.165, 1.54) is 0 Å². The summed E-state index contributed by atoms with van der Waals surface area (Å²) in [6, 6.07) is 17.5. The van der Waals surface area contributed by atoms with Crippen molar-refractivity contribution in [2.24, 2.45) is 0 Å². The van der Waals surface area contributed by atoms with Crippen LogP contribution in [0.15, 0.2) is 59.0 Å². The first-order valence-corrected chi connectivity index (χ1v) is 9.87. The molecule has 3 aromatic carbocycles. The van der Waals surface area contributed by atoms with Crippen LogP contribution in [0.2, 0.25) is 0 Å². The number of carbonyl (C=O) groups is 1. The molecule has 0 fully saturated rings. The molecule has 0 aliphatic rings. The molecule has 0 unspecified atom stereocenters. The minimum Gasteiger partial charge on any atom is -0.484 e. The van der Waals surface area contributed by atoms with E-state index in [0.29, 0.717) is 17.3 Å². The molecule has 4 aromatic rings. The third-order valence-electron chi connectivity index (χ3n) is 4.94. The summed E-state index contributed by atoms with van der Waals surface area (Å²) < 4.78 is 11.6. The Morgan fingerprint density at radius 2 is 1.80 bits per heavy atom. The van der Waals surface area contributed by atoms with Crippen molar-refractivity contribution < 1.29 is 13.9 Å². The first-order chi connectivity index (χ1) is 14.4. The van der Waals surface area contributed by atoms with Crippen molar-refractivity contribution >= 4 is 22.7 Å². The number of hydrogen-bond donors (Lipinski definition) is 1. The van der Waals surface area contributed by atoms with Crippen molar-refractivity contribution in [2.75, 3.05) is 11.9 Å². The third kappa shape index (κ3) is 4.20. The van der Waals surface area contributed by atoms with Gasteiger partial charge < -0.3 is 14.5 Å². The van der Waals surface area contributed by atoms with Crippen molar-refractivity contribution in [1.29, 1.82) is 0 Å². The Morgan fingerprint density at radius 3 is 2.60 bits per heavy atom. The lowest BCUT2D eigenvalue weighted by atomic mass is 10.1. The van der Waals surface area contributed by atoms with Crippen LogP contribution in [0.3, 0.4) is 0 Å². The number of nitrogens with zero attached hydrogens (tertiary/aromatic N) is 1. The van der Waals surface area contributed by atoms with Gasteiger partial charge in [-0.05, 0) is 80.3 Å². The van der Waals surface area contributed by atoms with E-state index in [4.69, 9.17) is 9.15 Å². The zero-order chi connectivity index (χ0) is 21.3. The van der Waals surface area contributed by atoms with Crippen molar-refractivity contribution in [3.8, 4) is 17.2 Å². The molecule has 30 heavy (non-hydrogen) atoms.